The lowest BCUT2D eigenvalue weighted by molar-refractivity contribution is 0.130. The maximum atomic E-state index is 14.5. The lowest BCUT2D eigenvalue weighted by Gasteiger charge is -2.27. The lowest BCUT2D eigenvalue weighted by atomic mass is 9.87. The second kappa shape index (κ2) is 8.53. The van der Waals surface area contributed by atoms with Gasteiger partial charge in [-0.1, -0.05) is 19.0 Å². The molecule has 3 aromatic heterocycles. The minimum Gasteiger partial charge on any atom is -0.474 e. The highest BCUT2D eigenvalue weighted by molar-refractivity contribution is 5.77. The van der Waals surface area contributed by atoms with Crippen LogP contribution in [-0.4, -0.2) is 30.8 Å². The smallest absolute Gasteiger partial charge is 0.229 e. The number of benzene rings is 1. The molecule has 3 heterocycles. The van der Waals surface area contributed by atoms with Gasteiger partial charge in [-0.25, -0.2) is 13.8 Å². The summed E-state index contributed by atoms with van der Waals surface area (Å²) in [6.45, 7) is 5.61. The van der Waals surface area contributed by atoms with Crippen LogP contribution in [0.2, 0.25) is 0 Å². The average molecular weight is 453 g/mol. The largest absolute Gasteiger partial charge is 0.474 e. The van der Waals surface area contributed by atoms with Gasteiger partial charge >= 0.3 is 0 Å². The molecule has 0 amide bonds. The van der Waals surface area contributed by atoms with E-state index in [0.717, 1.165) is 31.5 Å². The molecule has 0 spiro atoms. The standard InChI is InChI=1S/C24H25F2N5O2/c1-13(2)22-29-24(33-30-22)15-4-6-16(7-5-15)32-21-8-9-27-23-18(12-28-31(21)23)17-11-19(25)14(3)10-20(17)26/h8-13,15-16H,4-7H2,1-3H3. The fourth-order valence-electron chi connectivity index (χ4n) is 4.25. The topological polar surface area (TPSA) is 78.3 Å². The molecule has 0 unspecified atom stereocenters. The quantitative estimate of drug-likeness (QED) is 0.392. The number of aryl methyl sites for hydroxylation is 1. The Morgan fingerprint density at radius 1 is 1.09 bits per heavy atom. The summed E-state index contributed by atoms with van der Waals surface area (Å²) in [5.41, 5.74) is 1.20. The molecule has 4 aromatic rings. The SMILES string of the molecule is Cc1cc(F)c(-c2cnn3c(OC4CCC(c5nc(C(C)C)no5)CC4)ccnc23)cc1F. The summed E-state index contributed by atoms with van der Waals surface area (Å²) >= 11 is 0. The number of fused-ring (bicyclic) bond motifs is 1. The molecule has 0 N–H and O–H groups in total. The molecular formula is C24H25F2N5O2. The Bertz CT molecular complexity index is 1290. The van der Waals surface area contributed by atoms with Crippen molar-refractivity contribution in [2.75, 3.05) is 0 Å². The van der Waals surface area contributed by atoms with E-state index in [4.69, 9.17) is 9.26 Å². The zero-order chi connectivity index (χ0) is 23.1. The van der Waals surface area contributed by atoms with Gasteiger partial charge in [0.25, 0.3) is 0 Å². The van der Waals surface area contributed by atoms with E-state index in [1.165, 1.54) is 29.8 Å². The number of nitrogens with zero attached hydrogens (tertiary/aromatic N) is 5. The molecule has 1 aliphatic rings. The summed E-state index contributed by atoms with van der Waals surface area (Å²) in [4.78, 5) is 8.87. The first-order chi connectivity index (χ1) is 15.9. The number of ether oxygens (including phenoxy) is 1. The van der Waals surface area contributed by atoms with Crippen molar-refractivity contribution in [3.8, 4) is 17.0 Å². The summed E-state index contributed by atoms with van der Waals surface area (Å²) in [6, 6.07) is 4.09. The number of aromatic nitrogens is 5. The molecule has 1 fully saturated rings. The molecular weight excluding hydrogens is 428 g/mol. The number of hydrogen-bond donors (Lipinski definition) is 0. The van der Waals surface area contributed by atoms with Crippen molar-refractivity contribution in [2.45, 2.75) is 64.4 Å². The summed E-state index contributed by atoms with van der Waals surface area (Å²) in [5, 5.41) is 8.41. The van der Waals surface area contributed by atoms with Gasteiger partial charge in [0.15, 0.2) is 11.5 Å². The van der Waals surface area contributed by atoms with E-state index in [0.29, 0.717) is 23.0 Å². The van der Waals surface area contributed by atoms with Gasteiger partial charge in [-0.05, 0) is 50.3 Å². The van der Waals surface area contributed by atoms with Crippen LogP contribution in [0.25, 0.3) is 16.8 Å². The molecule has 1 saturated carbocycles. The molecule has 33 heavy (non-hydrogen) atoms. The van der Waals surface area contributed by atoms with E-state index in [1.54, 1.807) is 12.3 Å². The van der Waals surface area contributed by atoms with Crippen LogP contribution < -0.4 is 4.74 Å². The molecule has 0 aliphatic heterocycles. The minimum absolute atomic E-state index is 0.000506. The first-order valence-corrected chi connectivity index (χ1v) is 11.2. The van der Waals surface area contributed by atoms with Gasteiger partial charge in [-0.15, -0.1) is 0 Å². The highest BCUT2D eigenvalue weighted by Crippen LogP contribution is 2.35. The second-order valence-electron chi connectivity index (χ2n) is 8.89. The first kappa shape index (κ1) is 21.5. The van der Waals surface area contributed by atoms with E-state index in [2.05, 4.69) is 20.2 Å². The highest BCUT2D eigenvalue weighted by Gasteiger charge is 2.28. The molecule has 1 aliphatic carbocycles. The van der Waals surface area contributed by atoms with Crippen LogP contribution in [0.15, 0.2) is 35.1 Å². The molecule has 0 bridgehead atoms. The van der Waals surface area contributed by atoms with Crippen molar-refractivity contribution in [3.05, 3.63) is 59.5 Å². The number of hydrogen-bond acceptors (Lipinski definition) is 6. The zero-order valence-electron chi connectivity index (χ0n) is 18.8. The van der Waals surface area contributed by atoms with Crippen LogP contribution in [0, 0.1) is 18.6 Å². The average Bonchev–Trinajstić information content (AvgIpc) is 3.45. The summed E-state index contributed by atoms with van der Waals surface area (Å²) < 4.78 is 41.9. The fraction of sp³-hybridized carbons (Fsp3) is 0.417. The van der Waals surface area contributed by atoms with Gasteiger partial charge in [0.2, 0.25) is 11.8 Å². The maximum Gasteiger partial charge on any atom is 0.229 e. The normalized spacial score (nSPS) is 18.8. The van der Waals surface area contributed by atoms with Gasteiger partial charge < -0.3 is 9.26 Å². The maximum absolute atomic E-state index is 14.5. The van der Waals surface area contributed by atoms with Crippen molar-refractivity contribution in [2.24, 2.45) is 0 Å². The predicted octanol–water partition coefficient (Wildman–Crippen LogP) is 5.59. The van der Waals surface area contributed by atoms with Crippen molar-refractivity contribution in [1.29, 1.82) is 0 Å². The summed E-state index contributed by atoms with van der Waals surface area (Å²) in [5.74, 6) is 1.43. The third kappa shape index (κ3) is 4.07. The van der Waals surface area contributed by atoms with Crippen LogP contribution >= 0.6 is 0 Å². The Morgan fingerprint density at radius 2 is 1.88 bits per heavy atom. The highest BCUT2D eigenvalue weighted by atomic mass is 19.1. The monoisotopic (exact) mass is 453 g/mol. The van der Waals surface area contributed by atoms with E-state index >= 15 is 0 Å². The van der Waals surface area contributed by atoms with Crippen LogP contribution in [0.3, 0.4) is 0 Å². The summed E-state index contributed by atoms with van der Waals surface area (Å²) in [6.07, 6.45) is 6.52. The van der Waals surface area contributed by atoms with Crippen LogP contribution in [0.1, 0.15) is 68.6 Å². The Kier molecular flexibility index (Phi) is 5.55. The lowest BCUT2D eigenvalue weighted by Crippen LogP contribution is -2.24. The first-order valence-electron chi connectivity index (χ1n) is 11.2. The van der Waals surface area contributed by atoms with Crippen molar-refractivity contribution < 1.29 is 18.0 Å². The molecule has 0 saturated heterocycles. The van der Waals surface area contributed by atoms with Gasteiger partial charge in [-0.3, -0.25) is 0 Å². The Labute approximate surface area is 189 Å². The number of halogens is 2. The van der Waals surface area contributed by atoms with Crippen LogP contribution in [-0.2, 0) is 0 Å². The number of rotatable bonds is 5. The Hall–Kier alpha value is -3.36. The predicted molar refractivity (Wildman–Crippen MR) is 117 cm³/mol. The molecule has 7 nitrogen and oxygen atoms in total. The molecule has 172 valence electrons. The molecule has 9 heteroatoms. The van der Waals surface area contributed by atoms with Gasteiger partial charge in [-0.2, -0.15) is 14.6 Å². The van der Waals surface area contributed by atoms with E-state index in [-0.39, 0.29) is 29.1 Å². The Morgan fingerprint density at radius 3 is 2.61 bits per heavy atom. The second-order valence-corrected chi connectivity index (χ2v) is 8.89. The van der Waals surface area contributed by atoms with Crippen molar-refractivity contribution in [3.63, 3.8) is 0 Å². The van der Waals surface area contributed by atoms with E-state index < -0.39 is 11.6 Å². The van der Waals surface area contributed by atoms with Gasteiger partial charge in [0.05, 0.1) is 6.20 Å². The zero-order valence-corrected chi connectivity index (χ0v) is 18.8. The minimum atomic E-state index is -0.517. The van der Waals surface area contributed by atoms with Crippen molar-refractivity contribution >= 4 is 5.65 Å². The molecule has 1 aromatic carbocycles. The van der Waals surface area contributed by atoms with Gasteiger partial charge in [0, 0.05) is 35.2 Å². The third-order valence-corrected chi connectivity index (χ3v) is 6.19. The summed E-state index contributed by atoms with van der Waals surface area (Å²) in [7, 11) is 0. The Balaban J connectivity index is 1.33. The van der Waals surface area contributed by atoms with Gasteiger partial charge in [0.1, 0.15) is 17.7 Å². The van der Waals surface area contributed by atoms with Crippen LogP contribution in [0.4, 0.5) is 8.78 Å². The molecule has 0 atom stereocenters. The van der Waals surface area contributed by atoms with Crippen LogP contribution in [0.5, 0.6) is 5.88 Å². The van der Waals surface area contributed by atoms with E-state index in [1.807, 2.05) is 13.8 Å². The fourth-order valence-corrected chi connectivity index (χ4v) is 4.25. The van der Waals surface area contributed by atoms with E-state index in [9.17, 15) is 8.78 Å². The molecule has 0 radical (unpaired) electrons. The van der Waals surface area contributed by atoms with Crippen molar-refractivity contribution in [1.82, 2.24) is 24.7 Å². The molecule has 5 rings (SSSR count). The third-order valence-electron chi connectivity index (χ3n) is 6.19.